The van der Waals surface area contributed by atoms with E-state index in [9.17, 15) is 4.79 Å². The molecule has 1 aromatic carbocycles. The van der Waals surface area contributed by atoms with Crippen LogP contribution in [0.4, 0.5) is 5.69 Å². The van der Waals surface area contributed by atoms with E-state index in [1.807, 2.05) is 5.32 Å². The molecular formula is C8H9NO4. The molecule has 1 aromatic rings. The first-order chi connectivity index (χ1) is 6.02. The first kappa shape index (κ1) is 9.50. The maximum Gasteiger partial charge on any atom is 0.387 e. The SMILES string of the molecule is O=C(O)C(O)(O)Nc1ccccc1. The molecule has 0 aliphatic rings. The average molecular weight is 183 g/mol. The summed E-state index contributed by atoms with van der Waals surface area (Å²) in [6, 6.07) is 8.04. The molecule has 0 unspecified atom stereocenters. The van der Waals surface area contributed by atoms with Crippen molar-refractivity contribution in [3.63, 3.8) is 0 Å². The van der Waals surface area contributed by atoms with Crippen LogP contribution in [-0.2, 0) is 4.79 Å². The molecule has 0 aliphatic carbocycles. The van der Waals surface area contributed by atoms with Gasteiger partial charge in [0, 0.05) is 5.69 Å². The molecule has 0 amide bonds. The lowest BCUT2D eigenvalue weighted by molar-refractivity contribution is -0.193. The maximum absolute atomic E-state index is 10.3. The van der Waals surface area contributed by atoms with Crippen LogP contribution in [0.15, 0.2) is 30.3 Å². The van der Waals surface area contributed by atoms with Gasteiger partial charge in [0.05, 0.1) is 0 Å². The maximum atomic E-state index is 10.3. The molecule has 13 heavy (non-hydrogen) atoms. The minimum Gasteiger partial charge on any atom is -0.476 e. The number of aliphatic hydroxyl groups is 2. The molecular weight excluding hydrogens is 174 g/mol. The molecule has 0 atom stereocenters. The topological polar surface area (TPSA) is 89.8 Å². The van der Waals surface area contributed by atoms with E-state index in [4.69, 9.17) is 15.3 Å². The van der Waals surface area contributed by atoms with Crippen LogP contribution in [0.1, 0.15) is 0 Å². The molecule has 0 saturated heterocycles. The highest BCUT2D eigenvalue weighted by molar-refractivity contribution is 5.78. The predicted octanol–water partition coefficient (Wildman–Crippen LogP) is -0.179. The van der Waals surface area contributed by atoms with Gasteiger partial charge in [-0.25, -0.2) is 4.79 Å². The quantitative estimate of drug-likeness (QED) is 0.488. The summed E-state index contributed by atoms with van der Waals surface area (Å²) in [6.07, 6.45) is 0. The molecule has 1 rings (SSSR count). The Morgan fingerprint density at radius 2 is 1.77 bits per heavy atom. The highest BCUT2D eigenvalue weighted by atomic mass is 16.6. The molecule has 4 N–H and O–H groups in total. The summed E-state index contributed by atoms with van der Waals surface area (Å²) in [7, 11) is 0. The Morgan fingerprint density at radius 3 is 2.23 bits per heavy atom. The molecule has 0 bridgehead atoms. The second-order valence-corrected chi connectivity index (χ2v) is 2.47. The predicted molar refractivity (Wildman–Crippen MR) is 44.9 cm³/mol. The van der Waals surface area contributed by atoms with E-state index in [0.29, 0.717) is 5.69 Å². The van der Waals surface area contributed by atoms with Gasteiger partial charge in [0.25, 0.3) is 0 Å². The highest BCUT2D eigenvalue weighted by Gasteiger charge is 2.32. The Kier molecular flexibility index (Phi) is 2.50. The number of hydrogen-bond donors (Lipinski definition) is 4. The van der Waals surface area contributed by atoms with Crippen LogP contribution in [0, 0.1) is 0 Å². The standard InChI is InChI=1S/C8H9NO4/c10-7(11)8(12,13)9-6-4-2-1-3-5-6/h1-5,9,12-13H,(H,10,11). The van der Waals surface area contributed by atoms with E-state index in [2.05, 4.69) is 0 Å². The zero-order chi connectivity index (χ0) is 9.90. The number of carboxylic acid groups (broad SMARTS) is 1. The fourth-order valence-electron chi connectivity index (χ4n) is 0.776. The third-order valence-corrected chi connectivity index (χ3v) is 1.39. The lowest BCUT2D eigenvalue weighted by Gasteiger charge is -2.18. The van der Waals surface area contributed by atoms with Gasteiger partial charge >= 0.3 is 11.9 Å². The largest absolute Gasteiger partial charge is 0.476 e. The van der Waals surface area contributed by atoms with E-state index in [1.165, 1.54) is 12.1 Å². The van der Waals surface area contributed by atoms with Crippen LogP contribution in [-0.4, -0.2) is 27.2 Å². The number of benzene rings is 1. The Bertz CT molecular complexity index is 296. The minimum atomic E-state index is -2.93. The summed E-state index contributed by atoms with van der Waals surface area (Å²) in [5, 5.41) is 28.1. The molecule has 5 nitrogen and oxygen atoms in total. The number of aliphatic carboxylic acids is 1. The third-order valence-electron chi connectivity index (χ3n) is 1.39. The molecule has 0 fully saturated rings. The van der Waals surface area contributed by atoms with E-state index in [1.54, 1.807) is 18.2 Å². The van der Waals surface area contributed by atoms with Crippen molar-refractivity contribution >= 4 is 11.7 Å². The highest BCUT2D eigenvalue weighted by Crippen LogP contribution is 2.10. The summed E-state index contributed by atoms with van der Waals surface area (Å²) in [5.41, 5.74) is 0.315. The summed E-state index contributed by atoms with van der Waals surface area (Å²) in [5.74, 6) is -4.68. The van der Waals surface area contributed by atoms with Gasteiger partial charge < -0.3 is 20.6 Å². The number of rotatable bonds is 3. The third kappa shape index (κ3) is 2.43. The molecule has 0 aromatic heterocycles. The zero-order valence-electron chi connectivity index (χ0n) is 6.64. The fraction of sp³-hybridized carbons (Fsp3) is 0.125. The van der Waals surface area contributed by atoms with Crippen molar-refractivity contribution in [1.29, 1.82) is 0 Å². The number of nitrogens with one attached hydrogen (secondary N) is 1. The van der Waals surface area contributed by atoms with Crippen LogP contribution in [0.25, 0.3) is 0 Å². The smallest absolute Gasteiger partial charge is 0.387 e. The van der Waals surface area contributed by atoms with Gasteiger partial charge in [0.15, 0.2) is 0 Å². The van der Waals surface area contributed by atoms with Crippen LogP contribution in [0.5, 0.6) is 0 Å². The minimum absolute atomic E-state index is 0.315. The number of anilines is 1. The van der Waals surface area contributed by atoms with Crippen molar-refractivity contribution in [2.24, 2.45) is 0 Å². The number of carbonyl (C=O) groups is 1. The fourth-order valence-corrected chi connectivity index (χ4v) is 0.776. The summed E-state index contributed by atoms with van der Waals surface area (Å²) in [6.45, 7) is 0. The van der Waals surface area contributed by atoms with E-state index >= 15 is 0 Å². The van der Waals surface area contributed by atoms with Crippen molar-refractivity contribution in [1.82, 2.24) is 0 Å². The van der Waals surface area contributed by atoms with Gasteiger partial charge in [-0.15, -0.1) is 0 Å². The lowest BCUT2D eigenvalue weighted by atomic mass is 10.3. The lowest BCUT2D eigenvalue weighted by Crippen LogP contribution is -2.46. The van der Waals surface area contributed by atoms with E-state index in [0.717, 1.165) is 0 Å². The van der Waals surface area contributed by atoms with Crippen LogP contribution in [0.2, 0.25) is 0 Å². The molecule has 70 valence electrons. The summed E-state index contributed by atoms with van der Waals surface area (Å²) >= 11 is 0. The second-order valence-electron chi connectivity index (χ2n) is 2.47. The van der Waals surface area contributed by atoms with Gasteiger partial charge in [0.2, 0.25) is 0 Å². The van der Waals surface area contributed by atoms with E-state index < -0.39 is 11.9 Å². The van der Waals surface area contributed by atoms with Crippen LogP contribution in [0.3, 0.4) is 0 Å². The Labute approximate surface area is 74.3 Å². The van der Waals surface area contributed by atoms with E-state index in [-0.39, 0.29) is 0 Å². The molecule has 5 heteroatoms. The monoisotopic (exact) mass is 183 g/mol. The van der Waals surface area contributed by atoms with Gasteiger partial charge in [-0.3, -0.25) is 0 Å². The number of carboxylic acids is 1. The van der Waals surface area contributed by atoms with Gasteiger partial charge in [0.1, 0.15) is 0 Å². The first-order valence-electron chi connectivity index (χ1n) is 3.54. The van der Waals surface area contributed by atoms with Crippen LogP contribution < -0.4 is 5.32 Å². The first-order valence-corrected chi connectivity index (χ1v) is 3.54. The van der Waals surface area contributed by atoms with Crippen LogP contribution >= 0.6 is 0 Å². The molecule has 0 aliphatic heterocycles. The molecule has 0 radical (unpaired) electrons. The Morgan fingerprint density at radius 1 is 1.23 bits per heavy atom. The normalized spacial score (nSPS) is 10.9. The van der Waals surface area contributed by atoms with Crippen molar-refractivity contribution in [3.05, 3.63) is 30.3 Å². The summed E-state index contributed by atoms with van der Waals surface area (Å²) < 4.78 is 0. The Balaban J connectivity index is 2.75. The Hall–Kier alpha value is -1.59. The number of para-hydroxylation sites is 1. The average Bonchev–Trinajstić information content (AvgIpc) is 2.05. The van der Waals surface area contributed by atoms with Gasteiger partial charge in [-0.2, -0.15) is 0 Å². The zero-order valence-corrected chi connectivity index (χ0v) is 6.64. The second kappa shape index (κ2) is 3.42. The van der Waals surface area contributed by atoms with Crippen molar-refractivity contribution < 1.29 is 20.1 Å². The summed E-state index contributed by atoms with van der Waals surface area (Å²) in [4.78, 5) is 10.3. The van der Waals surface area contributed by atoms with Crippen molar-refractivity contribution in [2.45, 2.75) is 5.91 Å². The van der Waals surface area contributed by atoms with Crippen molar-refractivity contribution in [2.75, 3.05) is 5.32 Å². The molecule has 0 heterocycles. The number of hydrogen-bond acceptors (Lipinski definition) is 4. The molecule has 0 saturated carbocycles. The van der Waals surface area contributed by atoms with Gasteiger partial charge in [-0.1, -0.05) is 18.2 Å². The van der Waals surface area contributed by atoms with Gasteiger partial charge in [-0.05, 0) is 12.1 Å². The van der Waals surface area contributed by atoms with Crippen molar-refractivity contribution in [3.8, 4) is 0 Å². The molecule has 0 spiro atoms.